The van der Waals surface area contributed by atoms with Crippen LogP contribution in [0.25, 0.3) is 21.3 Å². The third kappa shape index (κ3) is 4.97. The molecule has 1 aromatic heterocycles. The summed E-state index contributed by atoms with van der Waals surface area (Å²) in [6.07, 6.45) is 0.290. The molecule has 6 nitrogen and oxygen atoms in total. The van der Waals surface area contributed by atoms with Gasteiger partial charge in [-0.2, -0.15) is 0 Å². The number of carbonyl (C=O) groups excluding carboxylic acids is 1. The number of ether oxygens (including phenoxy) is 1. The minimum atomic E-state index is -0.680. The largest absolute Gasteiger partial charge is 0.360 e. The highest BCUT2D eigenvalue weighted by Gasteiger charge is 2.39. The summed E-state index contributed by atoms with van der Waals surface area (Å²) in [5.41, 5.74) is 6.90. The van der Waals surface area contributed by atoms with Crippen LogP contribution < -0.4 is 4.90 Å². The number of fused-ring (bicyclic) bond motifs is 2. The number of anilines is 1. The van der Waals surface area contributed by atoms with Crippen molar-refractivity contribution in [3.8, 4) is 11.1 Å². The van der Waals surface area contributed by atoms with E-state index in [4.69, 9.17) is 21.3 Å². The average molecular weight is 538 g/mol. The highest BCUT2D eigenvalue weighted by molar-refractivity contribution is 7.22. The Morgan fingerprint density at radius 3 is 2.59 bits per heavy atom. The second-order valence-corrected chi connectivity index (χ2v) is 12.5. The van der Waals surface area contributed by atoms with Crippen molar-refractivity contribution < 1.29 is 14.2 Å². The van der Waals surface area contributed by atoms with Gasteiger partial charge in [0.1, 0.15) is 12.0 Å². The summed E-state index contributed by atoms with van der Waals surface area (Å²) in [5, 5.41) is 6.34. The van der Waals surface area contributed by atoms with Crippen molar-refractivity contribution >= 4 is 55.5 Å². The lowest BCUT2D eigenvalue weighted by Crippen LogP contribution is -2.43. The number of ketones is 1. The standard InChI is InChI=1S/C29H34ClN4O2S/c1-16-14-22-27(37-28(31-22)34-13-12-23-21(15-34)17(2)32-33(23)7)25(19-8-10-20(30)11-9-19)24(16)26(18(3)35)36-29(4,5)6/h8-11,14,21,26H,12-13,15H2,1-7H3/q+1/t21?,26-/m1/s1. The summed E-state index contributed by atoms with van der Waals surface area (Å²) in [4.78, 5) is 20.5. The molecule has 2 aliphatic rings. The van der Waals surface area contributed by atoms with Crippen molar-refractivity contribution in [3.05, 3.63) is 46.5 Å². The Bertz CT molecular complexity index is 1450. The van der Waals surface area contributed by atoms with Crippen molar-refractivity contribution in [2.24, 2.45) is 11.0 Å². The number of aromatic nitrogens is 1. The van der Waals surface area contributed by atoms with Crippen molar-refractivity contribution in [1.29, 1.82) is 0 Å². The molecule has 8 heteroatoms. The molecule has 37 heavy (non-hydrogen) atoms. The second kappa shape index (κ2) is 9.61. The topological polar surface area (TPSA) is 57.8 Å². The van der Waals surface area contributed by atoms with Crippen LogP contribution >= 0.6 is 22.9 Å². The fourth-order valence-electron chi connectivity index (χ4n) is 5.42. The fraction of sp³-hybridized carbons (Fsp3) is 0.448. The molecule has 2 aromatic carbocycles. The van der Waals surface area contributed by atoms with Gasteiger partial charge in [-0.1, -0.05) is 39.8 Å². The zero-order chi connectivity index (χ0) is 26.6. The van der Waals surface area contributed by atoms with Crippen molar-refractivity contribution in [2.75, 3.05) is 25.0 Å². The van der Waals surface area contributed by atoms with Gasteiger partial charge in [0.15, 0.2) is 23.7 Å². The van der Waals surface area contributed by atoms with Crippen molar-refractivity contribution in [2.45, 2.75) is 59.7 Å². The molecule has 194 valence electrons. The maximum absolute atomic E-state index is 13.0. The summed E-state index contributed by atoms with van der Waals surface area (Å²) in [6.45, 7) is 13.5. The molecule has 5 rings (SSSR count). The number of hydrogen-bond donors (Lipinski definition) is 0. The molecule has 0 spiro atoms. The van der Waals surface area contributed by atoms with Gasteiger partial charge in [-0.25, -0.2) is 4.98 Å². The minimum Gasteiger partial charge on any atom is -0.360 e. The van der Waals surface area contributed by atoms with Gasteiger partial charge in [0.2, 0.25) is 0 Å². The van der Waals surface area contributed by atoms with E-state index in [-0.39, 0.29) is 5.78 Å². The third-order valence-corrected chi connectivity index (χ3v) is 8.49. The Morgan fingerprint density at radius 2 is 1.95 bits per heavy atom. The van der Waals surface area contributed by atoms with E-state index in [1.165, 1.54) is 5.71 Å². The first-order valence-electron chi connectivity index (χ1n) is 12.7. The molecule has 0 radical (unpaired) electrons. The zero-order valence-electron chi connectivity index (χ0n) is 22.6. The van der Waals surface area contributed by atoms with Gasteiger partial charge in [-0.3, -0.25) is 4.79 Å². The van der Waals surface area contributed by atoms with Crippen LogP contribution in [0.4, 0.5) is 5.13 Å². The number of benzene rings is 2. The van der Waals surface area contributed by atoms with Gasteiger partial charge < -0.3 is 9.64 Å². The molecule has 3 aromatic rings. The molecule has 1 fully saturated rings. The predicted molar refractivity (Wildman–Crippen MR) is 154 cm³/mol. The van der Waals surface area contributed by atoms with Gasteiger partial charge in [0.05, 0.1) is 21.5 Å². The molecular weight excluding hydrogens is 504 g/mol. The van der Waals surface area contributed by atoms with Gasteiger partial charge in [0, 0.05) is 35.7 Å². The van der Waals surface area contributed by atoms with E-state index < -0.39 is 11.7 Å². The molecule has 0 amide bonds. The Morgan fingerprint density at radius 1 is 1.24 bits per heavy atom. The predicted octanol–water partition coefficient (Wildman–Crippen LogP) is 6.67. The maximum Gasteiger partial charge on any atom is 0.197 e. The number of Topliss-reactive ketones (excluding diaryl/α,β-unsaturated/α-hetero) is 1. The minimum absolute atomic E-state index is 0.0171. The number of rotatable bonds is 5. The first-order valence-corrected chi connectivity index (χ1v) is 13.9. The van der Waals surface area contributed by atoms with E-state index in [0.717, 1.165) is 62.8 Å². The van der Waals surface area contributed by atoms with Gasteiger partial charge in [-0.15, -0.1) is 0 Å². The maximum atomic E-state index is 13.0. The van der Waals surface area contributed by atoms with Crippen LogP contribution in [0, 0.1) is 12.8 Å². The third-order valence-electron chi connectivity index (χ3n) is 7.09. The average Bonchev–Trinajstić information content (AvgIpc) is 3.37. The van der Waals surface area contributed by atoms with E-state index in [1.807, 2.05) is 63.7 Å². The van der Waals surface area contributed by atoms with Crippen LogP contribution in [-0.4, -0.2) is 52.6 Å². The Hall–Kier alpha value is -2.61. The normalized spacial score (nSPS) is 18.9. The lowest BCUT2D eigenvalue weighted by atomic mass is 9.90. The monoisotopic (exact) mass is 537 g/mol. The van der Waals surface area contributed by atoms with Gasteiger partial charge >= 0.3 is 0 Å². The van der Waals surface area contributed by atoms with Crippen LogP contribution in [0.2, 0.25) is 5.02 Å². The smallest absolute Gasteiger partial charge is 0.197 e. The first kappa shape index (κ1) is 26.0. The lowest BCUT2D eigenvalue weighted by molar-refractivity contribution is -0.501. The highest BCUT2D eigenvalue weighted by atomic mass is 35.5. The van der Waals surface area contributed by atoms with Crippen LogP contribution in [-0.2, 0) is 9.53 Å². The fourth-order valence-corrected chi connectivity index (χ4v) is 6.71. The number of hydrogen-bond acceptors (Lipinski definition) is 6. The van der Waals surface area contributed by atoms with Gasteiger partial charge in [0.25, 0.3) is 0 Å². The molecular formula is C29H34ClN4O2S+. The number of hydrazone groups is 1. The molecule has 1 unspecified atom stereocenters. The number of thiazole rings is 1. The number of piperidine rings is 1. The Balaban J connectivity index is 1.67. The lowest BCUT2D eigenvalue weighted by Gasteiger charge is -2.29. The summed E-state index contributed by atoms with van der Waals surface area (Å²) < 4.78 is 9.47. The zero-order valence-corrected chi connectivity index (χ0v) is 24.1. The SMILES string of the molecule is CC(=O)[C@@H](OC(C)(C)C)c1c(C)cc2nc(N3CCC4=[N+](C)N=C(C)C4C3)sc2c1-c1ccc(Cl)cc1. The number of nitrogens with zero attached hydrogens (tertiary/aromatic N) is 4. The number of halogens is 1. The van der Waals surface area contributed by atoms with Gasteiger partial charge in [-0.05, 0) is 76.0 Å². The quantitative estimate of drug-likeness (QED) is 0.341. The van der Waals surface area contributed by atoms with Crippen molar-refractivity contribution in [1.82, 2.24) is 4.98 Å². The molecule has 0 aliphatic carbocycles. The van der Waals surface area contributed by atoms with Crippen LogP contribution in [0.15, 0.2) is 35.4 Å². The van der Waals surface area contributed by atoms with Crippen molar-refractivity contribution in [3.63, 3.8) is 0 Å². The molecule has 0 bridgehead atoms. The Kier molecular flexibility index (Phi) is 6.75. The second-order valence-electron chi connectivity index (χ2n) is 11.1. The Labute approximate surface area is 227 Å². The number of aryl methyl sites for hydroxylation is 1. The molecule has 2 atom stereocenters. The first-order chi connectivity index (χ1) is 17.4. The van der Waals surface area contributed by atoms with E-state index in [1.54, 1.807) is 18.3 Å². The van der Waals surface area contributed by atoms with E-state index in [9.17, 15) is 4.79 Å². The molecule has 2 aliphatic heterocycles. The summed E-state index contributed by atoms with van der Waals surface area (Å²) in [7, 11) is 2.04. The van der Waals surface area contributed by atoms with E-state index in [0.29, 0.717) is 10.9 Å². The summed E-state index contributed by atoms with van der Waals surface area (Å²) in [6, 6.07) is 9.92. The number of carbonyl (C=O) groups is 1. The molecule has 3 heterocycles. The molecule has 0 N–H and O–H groups in total. The van der Waals surface area contributed by atoms with Crippen LogP contribution in [0.1, 0.15) is 58.3 Å². The van der Waals surface area contributed by atoms with Crippen LogP contribution in [0.5, 0.6) is 0 Å². The molecule has 0 saturated carbocycles. The summed E-state index contributed by atoms with van der Waals surface area (Å²) in [5.74, 6) is 0.317. The van der Waals surface area contributed by atoms with E-state index in [2.05, 4.69) is 23.0 Å². The van der Waals surface area contributed by atoms with Crippen LogP contribution in [0.3, 0.4) is 0 Å². The molecule has 1 saturated heterocycles. The summed E-state index contributed by atoms with van der Waals surface area (Å²) >= 11 is 7.94. The van der Waals surface area contributed by atoms with E-state index >= 15 is 0 Å². The highest BCUT2D eigenvalue weighted by Crippen LogP contribution is 2.45.